The average Bonchev–Trinajstić information content (AvgIpc) is 2.98. The lowest BCUT2D eigenvalue weighted by molar-refractivity contribution is 0.191. The maximum Gasteiger partial charge on any atom is 0.244 e. The summed E-state index contributed by atoms with van der Waals surface area (Å²) in [5, 5.41) is 16.6. The van der Waals surface area contributed by atoms with Gasteiger partial charge in [-0.05, 0) is 25.0 Å². The lowest BCUT2D eigenvalue weighted by Gasteiger charge is -2.01. The van der Waals surface area contributed by atoms with Gasteiger partial charge in [-0.15, -0.1) is 0 Å². The molecule has 0 aliphatic carbocycles. The van der Waals surface area contributed by atoms with Crippen LogP contribution in [0, 0.1) is 6.92 Å². The molecule has 0 spiro atoms. The van der Waals surface area contributed by atoms with Crippen LogP contribution in [0.25, 0.3) is 11.4 Å². The third-order valence-electron chi connectivity index (χ3n) is 3.13. The molecule has 2 atom stereocenters. The molecule has 0 saturated carbocycles. The molecule has 1 saturated heterocycles. The van der Waals surface area contributed by atoms with Crippen molar-refractivity contribution in [3.05, 3.63) is 29.9 Å². The van der Waals surface area contributed by atoms with Crippen LogP contribution in [0.1, 0.15) is 23.9 Å². The Morgan fingerprint density at radius 1 is 1.50 bits per heavy atom. The number of hydrogen-bond donors (Lipinski definition) is 2. The molecule has 0 unspecified atom stereocenters. The number of pyridine rings is 1. The van der Waals surface area contributed by atoms with Crippen molar-refractivity contribution in [2.24, 2.45) is 0 Å². The first-order chi connectivity index (χ1) is 8.74. The van der Waals surface area contributed by atoms with Gasteiger partial charge in [0.2, 0.25) is 11.7 Å². The van der Waals surface area contributed by atoms with Crippen molar-refractivity contribution in [1.29, 1.82) is 0 Å². The number of β-amino-alcohol motifs (C(OH)–C–C–N with tert-alkyl or cyclic N) is 1. The standard InChI is InChI=1S/C12H14N4O2/c1-7-2-3-13-6-9(7)11-15-12(18-16-11)10-4-8(17)5-14-10/h2-3,6,8,10,14,17H,4-5H2,1H3/t8-,10-/m1/s1. The zero-order valence-corrected chi connectivity index (χ0v) is 10.00. The first kappa shape index (κ1) is 11.3. The van der Waals surface area contributed by atoms with Crippen molar-refractivity contribution in [2.45, 2.75) is 25.5 Å². The van der Waals surface area contributed by atoms with Gasteiger partial charge in [-0.2, -0.15) is 4.98 Å². The van der Waals surface area contributed by atoms with E-state index in [1.807, 2.05) is 13.0 Å². The Hall–Kier alpha value is -1.79. The Bertz CT molecular complexity index is 555. The summed E-state index contributed by atoms with van der Waals surface area (Å²) in [6, 6.07) is 1.85. The van der Waals surface area contributed by atoms with Crippen LogP contribution in [0.3, 0.4) is 0 Å². The molecule has 3 rings (SSSR count). The fraction of sp³-hybridized carbons (Fsp3) is 0.417. The normalized spacial score (nSPS) is 23.4. The zero-order chi connectivity index (χ0) is 12.5. The molecule has 1 aliphatic rings. The van der Waals surface area contributed by atoms with Crippen LogP contribution in [0.15, 0.2) is 23.0 Å². The van der Waals surface area contributed by atoms with Crippen LogP contribution in [0.4, 0.5) is 0 Å². The summed E-state index contributed by atoms with van der Waals surface area (Å²) < 4.78 is 5.24. The van der Waals surface area contributed by atoms with Crippen LogP contribution in [0.2, 0.25) is 0 Å². The van der Waals surface area contributed by atoms with Crippen LogP contribution >= 0.6 is 0 Å². The molecule has 6 heteroatoms. The summed E-state index contributed by atoms with van der Waals surface area (Å²) in [4.78, 5) is 8.43. The fourth-order valence-electron chi connectivity index (χ4n) is 2.09. The highest BCUT2D eigenvalue weighted by molar-refractivity contribution is 5.57. The second-order valence-corrected chi connectivity index (χ2v) is 4.50. The van der Waals surface area contributed by atoms with Crippen molar-refractivity contribution < 1.29 is 9.63 Å². The smallest absolute Gasteiger partial charge is 0.244 e. The zero-order valence-electron chi connectivity index (χ0n) is 10.00. The Morgan fingerprint density at radius 3 is 3.11 bits per heavy atom. The van der Waals surface area contributed by atoms with Gasteiger partial charge in [0.25, 0.3) is 0 Å². The van der Waals surface area contributed by atoms with Gasteiger partial charge in [0.1, 0.15) is 0 Å². The number of aliphatic hydroxyl groups is 1. The van der Waals surface area contributed by atoms with Crippen LogP contribution < -0.4 is 5.32 Å². The second-order valence-electron chi connectivity index (χ2n) is 4.50. The molecule has 2 N–H and O–H groups in total. The van der Waals surface area contributed by atoms with Crippen LogP contribution in [-0.2, 0) is 0 Å². The van der Waals surface area contributed by atoms with Crippen molar-refractivity contribution in [1.82, 2.24) is 20.4 Å². The summed E-state index contributed by atoms with van der Waals surface area (Å²) in [5.41, 5.74) is 1.92. The van der Waals surface area contributed by atoms with E-state index >= 15 is 0 Å². The Kier molecular flexibility index (Phi) is 2.81. The second kappa shape index (κ2) is 4.47. The van der Waals surface area contributed by atoms with Gasteiger partial charge in [-0.1, -0.05) is 5.16 Å². The lowest BCUT2D eigenvalue weighted by Crippen LogP contribution is -2.15. The number of aromatic nitrogens is 3. The quantitative estimate of drug-likeness (QED) is 0.816. The average molecular weight is 246 g/mol. The van der Waals surface area contributed by atoms with Crippen molar-refractivity contribution in [2.75, 3.05) is 6.54 Å². The third kappa shape index (κ3) is 2.00. The molecular weight excluding hydrogens is 232 g/mol. The number of rotatable bonds is 2. The number of aliphatic hydroxyl groups excluding tert-OH is 1. The molecule has 6 nitrogen and oxygen atoms in total. The van der Waals surface area contributed by atoms with E-state index in [1.165, 1.54) is 0 Å². The van der Waals surface area contributed by atoms with E-state index in [2.05, 4.69) is 20.4 Å². The summed E-state index contributed by atoms with van der Waals surface area (Å²) in [6.07, 6.45) is 3.72. The Labute approximate surface area is 104 Å². The van der Waals surface area contributed by atoms with Crippen molar-refractivity contribution in [3.63, 3.8) is 0 Å². The van der Waals surface area contributed by atoms with E-state index in [4.69, 9.17) is 4.52 Å². The predicted octanol–water partition coefficient (Wildman–Crippen LogP) is 0.835. The number of nitrogens with one attached hydrogen (secondary N) is 1. The van der Waals surface area contributed by atoms with E-state index in [1.54, 1.807) is 12.4 Å². The minimum Gasteiger partial charge on any atom is -0.392 e. The maximum absolute atomic E-state index is 9.47. The monoisotopic (exact) mass is 246 g/mol. The van der Waals surface area contributed by atoms with Gasteiger partial charge in [0.05, 0.1) is 12.1 Å². The molecule has 94 valence electrons. The SMILES string of the molecule is Cc1ccncc1-c1noc([C@H]2C[C@@H](O)CN2)n1. The van der Waals surface area contributed by atoms with Crippen molar-refractivity contribution in [3.8, 4) is 11.4 Å². The Balaban J connectivity index is 1.88. The van der Waals surface area contributed by atoms with E-state index in [0.717, 1.165) is 11.1 Å². The summed E-state index contributed by atoms with van der Waals surface area (Å²) in [5.74, 6) is 1.06. The molecule has 18 heavy (non-hydrogen) atoms. The van der Waals surface area contributed by atoms with E-state index in [9.17, 15) is 5.11 Å². The minimum atomic E-state index is -0.342. The third-order valence-corrected chi connectivity index (χ3v) is 3.13. The number of nitrogens with zero attached hydrogens (tertiary/aromatic N) is 3. The van der Waals surface area contributed by atoms with Gasteiger partial charge < -0.3 is 14.9 Å². The molecule has 2 aromatic heterocycles. The molecular formula is C12H14N4O2. The maximum atomic E-state index is 9.47. The lowest BCUT2D eigenvalue weighted by atomic mass is 10.1. The first-order valence-electron chi connectivity index (χ1n) is 5.90. The van der Waals surface area contributed by atoms with Gasteiger partial charge in [0.15, 0.2) is 0 Å². The highest BCUT2D eigenvalue weighted by Crippen LogP contribution is 2.25. The van der Waals surface area contributed by atoms with Crippen molar-refractivity contribution >= 4 is 0 Å². The minimum absolute atomic E-state index is 0.0572. The van der Waals surface area contributed by atoms with Gasteiger partial charge in [0, 0.05) is 24.5 Å². The topological polar surface area (TPSA) is 84.1 Å². The molecule has 1 fully saturated rings. The Morgan fingerprint density at radius 2 is 2.39 bits per heavy atom. The molecule has 1 aliphatic heterocycles. The van der Waals surface area contributed by atoms with Gasteiger partial charge in [-0.25, -0.2) is 0 Å². The molecule has 0 bridgehead atoms. The van der Waals surface area contributed by atoms with E-state index < -0.39 is 0 Å². The first-order valence-corrected chi connectivity index (χ1v) is 5.90. The summed E-state index contributed by atoms with van der Waals surface area (Å²) in [7, 11) is 0. The van der Waals surface area contributed by atoms with E-state index in [0.29, 0.717) is 24.7 Å². The number of hydrogen-bond acceptors (Lipinski definition) is 6. The summed E-state index contributed by atoms with van der Waals surface area (Å²) >= 11 is 0. The largest absolute Gasteiger partial charge is 0.392 e. The molecule has 0 amide bonds. The van der Waals surface area contributed by atoms with Gasteiger partial charge >= 0.3 is 0 Å². The molecule has 2 aromatic rings. The molecule has 3 heterocycles. The predicted molar refractivity (Wildman–Crippen MR) is 63.6 cm³/mol. The highest BCUT2D eigenvalue weighted by atomic mass is 16.5. The van der Waals surface area contributed by atoms with E-state index in [-0.39, 0.29) is 12.1 Å². The summed E-state index contributed by atoms with van der Waals surface area (Å²) in [6.45, 7) is 2.54. The fourth-order valence-corrected chi connectivity index (χ4v) is 2.09. The van der Waals surface area contributed by atoms with Crippen LogP contribution in [0.5, 0.6) is 0 Å². The number of aryl methyl sites for hydroxylation is 1. The highest BCUT2D eigenvalue weighted by Gasteiger charge is 2.28. The van der Waals surface area contributed by atoms with Gasteiger partial charge in [-0.3, -0.25) is 4.98 Å². The molecule has 0 radical (unpaired) electrons. The van der Waals surface area contributed by atoms with Crippen LogP contribution in [-0.4, -0.2) is 32.9 Å². The molecule has 0 aromatic carbocycles.